The molecule has 0 unspecified atom stereocenters. The topological polar surface area (TPSA) is 61.0 Å². The highest BCUT2D eigenvalue weighted by Gasteiger charge is 2.21. The highest BCUT2D eigenvalue weighted by atomic mass is 16.1. The van der Waals surface area contributed by atoms with Crippen LogP contribution in [-0.4, -0.2) is 46.5 Å². The molecular weight excluding hydrogens is 288 g/mol. The van der Waals surface area contributed by atoms with Crippen molar-refractivity contribution in [2.24, 2.45) is 5.92 Å². The van der Waals surface area contributed by atoms with Gasteiger partial charge < -0.3 is 15.2 Å². The fraction of sp³-hybridized carbons (Fsp3) is 0.556. The fourth-order valence-electron chi connectivity index (χ4n) is 3.37. The van der Waals surface area contributed by atoms with E-state index in [9.17, 15) is 4.79 Å². The average Bonchev–Trinajstić information content (AvgIpc) is 3.02. The van der Waals surface area contributed by atoms with Gasteiger partial charge in [-0.25, -0.2) is 4.98 Å². The number of hydrogen-bond acceptors (Lipinski definition) is 3. The summed E-state index contributed by atoms with van der Waals surface area (Å²) in [6.45, 7) is 7.64. The Hall–Kier alpha value is -1.88. The van der Waals surface area contributed by atoms with Crippen LogP contribution in [0.4, 0.5) is 0 Å². The maximum Gasteiger partial charge on any atom is 0.251 e. The van der Waals surface area contributed by atoms with E-state index in [2.05, 4.69) is 34.0 Å². The zero-order chi connectivity index (χ0) is 16.2. The van der Waals surface area contributed by atoms with Gasteiger partial charge in [0.2, 0.25) is 0 Å². The van der Waals surface area contributed by atoms with E-state index in [1.54, 1.807) is 6.33 Å². The van der Waals surface area contributed by atoms with Crippen molar-refractivity contribution in [2.45, 2.75) is 39.2 Å². The van der Waals surface area contributed by atoms with Crippen molar-refractivity contribution in [1.29, 1.82) is 0 Å². The molecule has 1 aromatic heterocycles. The third-order valence-electron chi connectivity index (χ3n) is 4.80. The molecule has 0 aliphatic carbocycles. The number of carbonyl (C=O) groups is 1. The van der Waals surface area contributed by atoms with Crippen molar-refractivity contribution >= 4 is 16.9 Å². The monoisotopic (exact) mass is 314 g/mol. The number of amides is 1. The molecule has 0 radical (unpaired) electrons. The van der Waals surface area contributed by atoms with Crippen LogP contribution in [0.1, 0.15) is 43.5 Å². The number of likely N-dealkylation sites (tertiary alicyclic amines) is 1. The lowest BCUT2D eigenvalue weighted by Gasteiger charge is -2.35. The zero-order valence-electron chi connectivity index (χ0n) is 14.0. The number of benzene rings is 1. The van der Waals surface area contributed by atoms with E-state index in [-0.39, 0.29) is 5.91 Å². The third-order valence-corrected chi connectivity index (χ3v) is 4.80. The van der Waals surface area contributed by atoms with Gasteiger partial charge in [-0.1, -0.05) is 0 Å². The van der Waals surface area contributed by atoms with E-state index in [1.165, 1.54) is 19.4 Å². The van der Waals surface area contributed by atoms with Crippen molar-refractivity contribution in [3.8, 4) is 0 Å². The first-order valence-electron chi connectivity index (χ1n) is 8.59. The summed E-state index contributed by atoms with van der Waals surface area (Å²) >= 11 is 0. The fourth-order valence-corrected chi connectivity index (χ4v) is 3.37. The minimum atomic E-state index is -0.00183. The number of nitrogens with one attached hydrogen (secondary N) is 2. The molecule has 1 aliphatic rings. The first kappa shape index (κ1) is 16.0. The number of rotatable bonds is 5. The Morgan fingerprint density at radius 1 is 1.48 bits per heavy atom. The number of hydrogen-bond donors (Lipinski definition) is 2. The van der Waals surface area contributed by atoms with E-state index in [0.717, 1.165) is 30.5 Å². The molecule has 1 amide bonds. The lowest BCUT2D eigenvalue weighted by molar-refractivity contribution is 0.0943. The van der Waals surface area contributed by atoms with Gasteiger partial charge in [0.05, 0.1) is 17.4 Å². The molecule has 5 heteroatoms. The van der Waals surface area contributed by atoms with Crippen LogP contribution in [0, 0.1) is 5.92 Å². The van der Waals surface area contributed by atoms with E-state index in [1.807, 2.05) is 18.2 Å². The highest BCUT2D eigenvalue weighted by Crippen LogP contribution is 2.20. The normalized spacial score (nSPS) is 19.3. The summed E-state index contributed by atoms with van der Waals surface area (Å²) in [5, 5.41) is 3.06. The standard InChI is InChI=1S/C18H26N4O/c1-13(2)22-9-3-4-14(11-22)7-8-19-18(23)15-5-6-16-17(10-15)21-12-20-16/h5-6,10,12-14H,3-4,7-9,11H2,1-2H3,(H,19,23)(H,20,21)/t14-/m1/s1. The Bertz CT molecular complexity index is 664. The molecule has 0 saturated carbocycles. The van der Waals surface area contributed by atoms with Gasteiger partial charge in [0, 0.05) is 24.7 Å². The van der Waals surface area contributed by atoms with Crippen molar-refractivity contribution in [3.05, 3.63) is 30.1 Å². The first-order chi connectivity index (χ1) is 11.1. The first-order valence-corrected chi connectivity index (χ1v) is 8.59. The number of aromatic nitrogens is 2. The Morgan fingerprint density at radius 3 is 3.17 bits per heavy atom. The van der Waals surface area contributed by atoms with Crippen molar-refractivity contribution < 1.29 is 4.79 Å². The Kier molecular flexibility index (Phi) is 4.96. The quantitative estimate of drug-likeness (QED) is 0.892. The summed E-state index contributed by atoms with van der Waals surface area (Å²) in [5.41, 5.74) is 2.48. The van der Waals surface area contributed by atoms with Gasteiger partial charge >= 0.3 is 0 Å². The number of imidazole rings is 1. The SMILES string of the molecule is CC(C)N1CCC[C@H](CCNC(=O)c2ccc3nc[nH]c3c2)C1. The number of aromatic amines is 1. The van der Waals surface area contributed by atoms with Gasteiger partial charge in [-0.3, -0.25) is 4.79 Å². The molecule has 1 aromatic carbocycles. The summed E-state index contributed by atoms with van der Waals surface area (Å²) in [4.78, 5) is 22.0. The molecule has 1 fully saturated rings. The second-order valence-corrected chi connectivity index (χ2v) is 6.78. The van der Waals surface area contributed by atoms with Crippen LogP contribution in [0.25, 0.3) is 11.0 Å². The number of fused-ring (bicyclic) bond motifs is 1. The number of nitrogens with zero attached hydrogens (tertiary/aromatic N) is 2. The van der Waals surface area contributed by atoms with Crippen molar-refractivity contribution in [2.75, 3.05) is 19.6 Å². The summed E-state index contributed by atoms with van der Waals surface area (Å²) in [5.74, 6) is 0.694. The highest BCUT2D eigenvalue weighted by molar-refractivity contribution is 5.97. The zero-order valence-corrected chi connectivity index (χ0v) is 14.0. The van der Waals surface area contributed by atoms with Gasteiger partial charge in [0.1, 0.15) is 0 Å². The maximum atomic E-state index is 12.3. The van der Waals surface area contributed by atoms with Gasteiger partial charge in [-0.2, -0.15) is 0 Å². The predicted octanol–water partition coefficient (Wildman–Crippen LogP) is 2.80. The summed E-state index contributed by atoms with van der Waals surface area (Å²) < 4.78 is 0. The smallest absolute Gasteiger partial charge is 0.251 e. The van der Waals surface area contributed by atoms with E-state index in [0.29, 0.717) is 17.5 Å². The number of H-pyrrole nitrogens is 1. The van der Waals surface area contributed by atoms with Crippen molar-refractivity contribution in [3.63, 3.8) is 0 Å². The molecule has 1 aliphatic heterocycles. The van der Waals surface area contributed by atoms with Crippen molar-refractivity contribution in [1.82, 2.24) is 20.2 Å². The molecule has 23 heavy (non-hydrogen) atoms. The summed E-state index contributed by atoms with van der Waals surface area (Å²) in [6, 6.07) is 6.19. The van der Waals surface area contributed by atoms with Crippen LogP contribution in [0.5, 0.6) is 0 Å². The van der Waals surface area contributed by atoms with Crippen LogP contribution < -0.4 is 5.32 Å². The molecular formula is C18H26N4O. The van der Waals surface area contributed by atoms with E-state index >= 15 is 0 Å². The van der Waals surface area contributed by atoms with E-state index in [4.69, 9.17) is 0 Å². The molecule has 3 rings (SSSR count). The van der Waals surface area contributed by atoms with Crippen LogP contribution in [0.2, 0.25) is 0 Å². The summed E-state index contributed by atoms with van der Waals surface area (Å²) in [6.07, 6.45) is 5.25. The summed E-state index contributed by atoms with van der Waals surface area (Å²) in [7, 11) is 0. The minimum Gasteiger partial charge on any atom is -0.352 e. The van der Waals surface area contributed by atoms with Gasteiger partial charge in [-0.15, -0.1) is 0 Å². The molecule has 2 heterocycles. The second kappa shape index (κ2) is 7.13. The van der Waals surface area contributed by atoms with Crippen LogP contribution in [0.3, 0.4) is 0 Å². The Morgan fingerprint density at radius 2 is 2.35 bits per heavy atom. The molecule has 1 atom stereocenters. The molecule has 0 bridgehead atoms. The molecule has 124 valence electrons. The number of carbonyl (C=O) groups excluding carboxylic acids is 1. The maximum absolute atomic E-state index is 12.3. The second-order valence-electron chi connectivity index (χ2n) is 6.78. The largest absolute Gasteiger partial charge is 0.352 e. The van der Waals surface area contributed by atoms with Crippen LogP contribution in [0.15, 0.2) is 24.5 Å². The Labute approximate surface area is 137 Å². The Balaban J connectivity index is 1.49. The van der Waals surface area contributed by atoms with Gasteiger partial charge in [0.25, 0.3) is 5.91 Å². The lowest BCUT2D eigenvalue weighted by atomic mass is 9.94. The molecule has 1 saturated heterocycles. The number of piperidine rings is 1. The van der Waals surface area contributed by atoms with Gasteiger partial charge in [-0.05, 0) is 63.8 Å². The van der Waals surface area contributed by atoms with Gasteiger partial charge in [0.15, 0.2) is 0 Å². The molecule has 0 spiro atoms. The van der Waals surface area contributed by atoms with Crippen LogP contribution >= 0.6 is 0 Å². The average molecular weight is 314 g/mol. The molecule has 2 aromatic rings. The molecule has 2 N–H and O–H groups in total. The minimum absolute atomic E-state index is 0.00183. The van der Waals surface area contributed by atoms with Crippen LogP contribution in [-0.2, 0) is 0 Å². The third kappa shape index (κ3) is 3.91. The molecule has 5 nitrogen and oxygen atoms in total. The lowest BCUT2D eigenvalue weighted by Crippen LogP contribution is -2.40. The van der Waals surface area contributed by atoms with E-state index < -0.39 is 0 Å². The predicted molar refractivity (Wildman–Crippen MR) is 92.5 cm³/mol.